The molecule has 132 valence electrons. The number of aryl methyl sites for hydroxylation is 1. The zero-order valence-electron chi connectivity index (χ0n) is 13.8. The van der Waals surface area contributed by atoms with Crippen molar-refractivity contribution in [3.63, 3.8) is 0 Å². The van der Waals surface area contributed by atoms with Crippen LogP contribution in [-0.4, -0.2) is 10.9 Å². The number of aromatic nitrogens is 1. The van der Waals surface area contributed by atoms with Crippen LogP contribution in [0.3, 0.4) is 0 Å². The van der Waals surface area contributed by atoms with E-state index >= 15 is 0 Å². The molecule has 0 saturated heterocycles. The van der Waals surface area contributed by atoms with Crippen molar-refractivity contribution in [1.29, 1.82) is 0 Å². The second kappa shape index (κ2) is 7.64. The van der Waals surface area contributed by atoms with Crippen molar-refractivity contribution in [2.45, 2.75) is 6.92 Å². The topological polar surface area (TPSA) is 77.2 Å². The summed E-state index contributed by atoms with van der Waals surface area (Å²) in [5.41, 5.74) is 7.48. The van der Waals surface area contributed by atoms with Gasteiger partial charge in [0.1, 0.15) is 17.3 Å². The van der Waals surface area contributed by atoms with Crippen molar-refractivity contribution >= 4 is 40.6 Å². The first kappa shape index (κ1) is 18.0. The highest BCUT2D eigenvalue weighted by molar-refractivity contribution is 6.42. The molecule has 0 aliphatic carbocycles. The third-order valence-corrected chi connectivity index (χ3v) is 4.29. The van der Waals surface area contributed by atoms with Crippen molar-refractivity contribution in [2.24, 2.45) is 0 Å². The van der Waals surface area contributed by atoms with Gasteiger partial charge < -0.3 is 15.8 Å². The number of pyridine rings is 1. The van der Waals surface area contributed by atoms with E-state index in [4.69, 9.17) is 33.7 Å². The molecule has 3 aromatic rings. The summed E-state index contributed by atoms with van der Waals surface area (Å²) >= 11 is 11.9. The third kappa shape index (κ3) is 4.25. The van der Waals surface area contributed by atoms with Gasteiger partial charge in [0.25, 0.3) is 5.91 Å². The molecule has 0 fully saturated rings. The number of carbonyl (C=O) groups is 1. The van der Waals surface area contributed by atoms with Crippen LogP contribution in [0.1, 0.15) is 16.1 Å². The van der Waals surface area contributed by atoms with E-state index in [1.807, 2.05) is 6.92 Å². The molecular formula is C19H15Cl2N3O2. The number of halogens is 2. The second-order valence-corrected chi connectivity index (χ2v) is 6.36. The van der Waals surface area contributed by atoms with Crippen molar-refractivity contribution < 1.29 is 9.53 Å². The number of nitrogen functional groups attached to an aromatic ring is 1. The molecule has 3 rings (SSSR count). The van der Waals surface area contributed by atoms with E-state index in [9.17, 15) is 4.79 Å². The molecule has 1 aromatic heterocycles. The summed E-state index contributed by atoms with van der Waals surface area (Å²) in [6, 6.07) is 15.3. The molecule has 2 aromatic carbocycles. The smallest absolute Gasteiger partial charge is 0.259 e. The van der Waals surface area contributed by atoms with Gasteiger partial charge >= 0.3 is 0 Å². The van der Waals surface area contributed by atoms with Crippen molar-refractivity contribution in [1.82, 2.24) is 4.98 Å². The Bertz CT molecular complexity index is 959. The molecule has 1 amide bonds. The molecule has 0 saturated carbocycles. The van der Waals surface area contributed by atoms with Crippen LogP contribution < -0.4 is 15.8 Å². The van der Waals surface area contributed by atoms with Gasteiger partial charge in [0.15, 0.2) is 0 Å². The molecule has 0 radical (unpaired) electrons. The van der Waals surface area contributed by atoms with Gasteiger partial charge in [0.2, 0.25) is 0 Å². The first-order valence-electron chi connectivity index (χ1n) is 7.70. The summed E-state index contributed by atoms with van der Waals surface area (Å²) in [6.45, 7) is 1.81. The highest BCUT2D eigenvalue weighted by Crippen LogP contribution is 2.30. The number of ether oxygens (including phenoxy) is 1. The van der Waals surface area contributed by atoms with E-state index in [2.05, 4.69) is 10.3 Å². The van der Waals surface area contributed by atoms with Gasteiger partial charge in [-0.1, -0.05) is 23.2 Å². The number of hydrogen-bond donors (Lipinski definition) is 2. The molecule has 0 spiro atoms. The monoisotopic (exact) mass is 387 g/mol. The van der Waals surface area contributed by atoms with E-state index in [1.165, 1.54) is 0 Å². The molecule has 7 heteroatoms. The highest BCUT2D eigenvalue weighted by atomic mass is 35.5. The summed E-state index contributed by atoms with van der Waals surface area (Å²) in [7, 11) is 0. The second-order valence-electron chi connectivity index (χ2n) is 5.54. The fraction of sp³-hybridized carbons (Fsp3) is 0.0526. The number of hydrogen-bond acceptors (Lipinski definition) is 4. The van der Waals surface area contributed by atoms with E-state index in [0.717, 1.165) is 5.69 Å². The molecule has 0 aliphatic rings. The third-order valence-electron chi connectivity index (χ3n) is 3.55. The Balaban J connectivity index is 1.69. The molecule has 5 nitrogen and oxygen atoms in total. The SMILES string of the molecule is Cc1ccc(C(=O)Nc2ccc(Oc3ccc(Cl)c(Cl)c3)cc2)c(N)n1. The van der Waals surface area contributed by atoms with Gasteiger partial charge in [0, 0.05) is 17.4 Å². The number of nitrogens with zero attached hydrogens (tertiary/aromatic N) is 1. The Morgan fingerprint density at radius 3 is 2.35 bits per heavy atom. The van der Waals surface area contributed by atoms with E-state index in [1.54, 1.807) is 54.6 Å². The Morgan fingerprint density at radius 1 is 1.00 bits per heavy atom. The quantitative estimate of drug-likeness (QED) is 0.634. The predicted molar refractivity (Wildman–Crippen MR) is 104 cm³/mol. The van der Waals surface area contributed by atoms with Gasteiger partial charge in [-0.25, -0.2) is 4.98 Å². The number of carbonyl (C=O) groups excluding carboxylic acids is 1. The lowest BCUT2D eigenvalue weighted by atomic mass is 10.2. The van der Waals surface area contributed by atoms with Crippen LogP contribution in [0.25, 0.3) is 0 Å². The Hall–Kier alpha value is -2.76. The van der Waals surface area contributed by atoms with E-state index in [-0.39, 0.29) is 11.7 Å². The van der Waals surface area contributed by atoms with Gasteiger partial charge in [0.05, 0.1) is 15.6 Å². The summed E-state index contributed by atoms with van der Waals surface area (Å²) in [5, 5.41) is 3.65. The van der Waals surface area contributed by atoms with Crippen LogP contribution in [0.15, 0.2) is 54.6 Å². The summed E-state index contributed by atoms with van der Waals surface area (Å²) < 4.78 is 5.71. The number of rotatable bonds is 4. The zero-order valence-corrected chi connectivity index (χ0v) is 15.3. The lowest BCUT2D eigenvalue weighted by Gasteiger charge is -2.10. The standard InChI is InChI=1S/C19H15Cl2N3O2/c1-11-2-8-15(18(22)23-11)19(25)24-12-3-5-13(6-4-12)26-14-7-9-16(20)17(21)10-14/h2-10H,1H3,(H2,22,23)(H,24,25). The summed E-state index contributed by atoms with van der Waals surface area (Å²) in [4.78, 5) is 16.4. The molecule has 26 heavy (non-hydrogen) atoms. The van der Waals surface area contributed by atoms with Crippen LogP contribution in [0, 0.1) is 6.92 Å². The van der Waals surface area contributed by atoms with E-state index < -0.39 is 0 Å². The van der Waals surface area contributed by atoms with Crippen LogP contribution >= 0.6 is 23.2 Å². The van der Waals surface area contributed by atoms with Gasteiger partial charge in [-0.2, -0.15) is 0 Å². The zero-order chi connectivity index (χ0) is 18.7. The lowest BCUT2D eigenvalue weighted by molar-refractivity contribution is 0.102. The van der Waals surface area contributed by atoms with Crippen molar-refractivity contribution in [2.75, 3.05) is 11.1 Å². The molecule has 0 bridgehead atoms. The Kier molecular flexibility index (Phi) is 5.30. The number of anilines is 2. The van der Waals surface area contributed by atoms with Crippen LogP contribution in [0.5, 0.6) is 11.5 Å². The molecular weight excluding hydrogens is 373 g/mol. The largest absolute Gasteiger partial charge is 0.457 e. The minimum absolute atomic E-state index is 0.196. The first-order chi connectivity index (χ1) is 12.4. The maximum absolute atomic E-state index is 12.3. The molecule has 0 atom stereocenters. The number of amides is 1. The average molecular weight is 388 g/mol. The highest BCUT2D eigenvalue weighted by Gasteiger charge is 2.11. The summed E-state index contributed by atoms with van der Waals surface area (Å²) in [6.07, 6.45) is 0. The van der Waals surface area contributed by atoms with Gasteiger partial charge in [-0.15, -0.1) is 0 Å². The fourth-order valence-electron chi connectivity index (χ4n) is 2.25. The van der Waals surface area contributed by atoms with E-state index in [0.29, 0.717) is 32.8 Å². The number of nitrogens with two attached hydrogens (primary N) is 1. The summed E-state index contributed by atoms with van der Waals surface area (Å²) in [5.74, 6) is 1.03. The van der Waals surface area contributed by atoms with Crippen molar-refractivity contribution in [3.05, 3.63) is 75.9 Å². The molecule has 3 N–H and O–H groups in total. The average Bonchev–Trinajstić information content (AvgIpc) is 2.60. The number of benzene rings is 2. The predicted octanol–water partition coefficient (Wildman–Crippen LogP) is 5.32. The molecule has 1 heterocycles. The van der Waals surface area contributed by atoms with Crippen LogP contribution in [-0.2, 0) is 0 Å². The Morgan fingerprint density at radius 2 is 1.69 bits per heavy atom. The maximum Gasteiger partial charge on any atom is 0.259 e. The number of nitrogens with one attached hydrogen (secondary N) is 1. The minimum atomic E-state index is -0.326. The van der Waals surface area contributed by atoms with Crippen LogP contribution in [0.2, 0.25) is 10.0 Å². The molecule has 0 unspecified atom stereocenters. The van der Waals surface area contributed by atoms with Gasteiger partial charge in [-0.3, -0.25) is 4.79 Å². The van der Waals surface area contributed by atoms with Crippen LogP contribution in [0.4, 0.5) is 11.5 Å². The van der Waals surface area contributed by atoms with Crippen molar-refractivity contribution in [3.8, 4) is 11.5 Å². The molecule has 0 aliphatic heterocycles. The first-order valence-corrected chi connectivity index (χ1v) is 8.45. The normalized spacial score (nSPS) is 10.4. The Labute approximate surface area is 160 Å². The lowest BCUT2D eigenvalue weighted by Crippen LogP contribution is -2.15. The van der Waals surface area contributed by atoms with Gasteiger partial charge in [-0.05, 0) is 55.5 Å². The maximum atomic E-state index is 12.3. The fourth-order valence-corrected chi connectivity index (χ4v) is 2.54. The minimum Gasteiger partial charge on any atom is -0.457 e.